The van der Waals surface area contributed by atoms with Gasteiger partial charge >= 0.3 is 5.97 Å². The summed E-state index contributed by atoms with van der Waals surface area (Å²) in [4.78, 5) is 47.6. The van der Waals surface area contributed by atoms with Crippen molar-refractivity contribution in [1.29, 1.82) is 0 Å². The van der Waals surface area contributed by atoms with E-state index in [0.717, 1.165) is 0 Å². The summed E-state index contributed by atoms with van der Waals surface area (Å²) < 4.78 is 10.5. The Bertz CT molecular complexity index is 1570. The molecule has 2 N–H and O–H groups in total. The number of methoxy groups -OCH3 is 1. The smallest absolute Gasteiger partial charge is 0.343 e. The van der Waals surface area contributed by atoms with E-state index < -0.39 is 16.8 Å². The average molecular weight is 539 g/mol. The van der Waals surface area contributed by atoms with Gasteiger partial charge in [-0.3, -0.25) is 19.7 Å². The molecule has 11 nitrogen and oxygen atoms in total. The van der Waals surface area contributed by atoms with Gasteiger partial charge in [0.05, 0.1) is 23.8 Å². The molecule has 0 spiro atoms. The van der Waals surface area contributed by atoms with Gasteiger partial charge in [-0.05, 0) is 72.8 Å². The van der Waals surface area contributed by atoms with Gasteiger partial charge in [0, 0.05) is 34.5 Å². The number of benzene rings is 4. The van der Waals surface area contributed by atoms with Crippen LogP contribution >= 0.6 is 0 Å². The third-order valence-corrected chi connectivity index (χ3v) is 5.56. The summed E-state index contributed by atoms with van der Waals surface area (Å²) in [5.41, 5.74) is 4.06. The van der Waals surface area contributed by atoms with Crippen LogP contribution in [0.4, 0.5) is 11.4 Å². The highest BCUT2D eigenvalue weighted by Gasteiger charge is 2.13. The quantitative estimate of drug-likeness (QED) is 0.102. The maximum absolute atomic E-state index is 12.5. The lowest BCUT2D eigenvalue weighted by atomic mass is 10.1. The minimum absolute atomic E-state index is 0.134. The Morgan fingerprint density at radius 3 is 2.05 bits per heavy atom. The number of rotatable bonds is 9. The van der Waals surface area contributed by atoms with Crippen LogP contribution < -0.4 is 20.2 Å². The fourth-order valence-corrected chi connectivity index (χ4v) is 3.43. The van der Waals surface area contributed by atoms with Crippen molar-refractivity contribution >= 4 is 35.4 Å². The monoisotopic (exact) mass is 538 g/mol. The van der Waals surface area contributed by atoms with Crippen molar-refractivity contribution in [1.82, 2.24) is 5.43 Å². The van der Waals surface area contributed by atoms with E-state index >= 15 is 0 Å². The van der Waals surface area contributed by atoms with Gasteiger partial charge in [0.2, 0.25) is 0 Å². The number of hydrogen-bond acceptors (Lipinski definition) is 8. The van der Waals surface area contributed by atoms with Crippen molar-refractivity contribution in [2.24, 2.45) is 5.10 Å². The highest BCUT2D eigenvalue weighted by atomic mass is 16.6. The molecule has 0 radical (unpaired) electrons. The number of non-ortho nitro benzene ring substituents is 1. The SMILES string of the molecule is COc1ccc(C(=O)Nc2ccc(C(=O)N/N=C\c3ccccc3OC(=O)c3ccc([N+](=O)[O-])cc3)cc2)cc1. The van der Waals surface area contributed by atoms with Crippen LogP contribution in [0.3, 0.4) is 0 Å². The third kappa shape index (κ3) is 6.92. The molecule has 0 fully saturated rings. The Morgan fingerprint density at radius 1 is 0.800 bits per heavy atom. The normalized spacial score (nSPS) is 10.5. The predicted octanol–water partition coefficient (Wildman–Crippen LogP) is 4.84. The van der Waals surface area contributed by atoms with Gasteiger partial charge in [-0.1, -0.05) is 12.1 Å². The van der Waals surface area contributed by atoms with Crippen molar-refractivity contribution in [3.8, 4) is 11.5 Å². The van der Waals surface area contributed by atoms with E-state index in [1.807, 2.05) is 0 Å². The van der Waals surface area contributed by atoms with Crippen LogP contribution in [-0.4, -0.2) is 36.0 Å². The first-order valence-corrected chi connectivity index (χ1v) is 11.8. The maximum atomic E-state index is 12.5. The zero-order valence-electron chi connectivity index (χ0n) is 21.1. The third-order valence-electron chi connectivity index (χ3n) is 5.56. The van der Waals surface area contributed by atoms with Crippen LogP contribution in [0, 0.1) is 10.1 Å². The zero-order valence-corrected chi connectivity index (χ0v) is 21.1. The van der Waals surface area contributed by atoms with E-state index in [0.29, 0.717) is 28.1 Å². The highest BCUT2D eigenvalue weighted by molar-refractivity contribution is 6.04. The molecule has 4 aromatic carbocycles. The zero-order chi connectivity index (χ0) is 28.5. The molecule has 11 heteroatoms. The summed E-state index contributed by atoms with van der Waals surface area (Å²) in [6, 6.07) is 24.5. The van der Waals surface area contributed by atoms with Crippen LogP contribution in [0.15, 0.2) is 102 Å². The number of amides is 2. The summed E-state index contributed by atoms with van der Waals surface area (Å²) in [7, 11) is 1.54. The predicted molar refractivity (Wildman–Crippen MR) is 147 cm³/mol. The molecule has 4 rings (SSSR count). The number of nitro benzene ring substituents is 1. The molecule has 0 aliphatic rings. The van der Waals surface area contributed by atoms with Gasteiger partial charge in [-0.25, -0.2) is 10.2 Å². The van der Waals surface area contributed by atoms with Gasteiger partial charge in [0.1, 0.15) is 11.5 Å². The van der Waals surface area contributed by atoms with Crippen molar-refractivity contribution in [2.45, 2.75) is 0 Å². The minimum atomic E-state index is -0.709. The number of hydrogen-bond donors (Lipinski definition) is 2. The molecule has 0 bridgehead atoms. The number of nitrogens with zero attached hydrogens (tertiary/aromatic N) is 2. The lowest BCUT2D eigenvalue weighted by molar-refractivity contribution is -0.384. The molecule has 200 valence electrons. The van der Waals surface area contributed by atoms with Gasteiger partial charge < -0.3 is 14.8 Å². The van der Waals surface area contributed by atoms with Crippen LogP contribution in [0.25, 0.3) is 0 Å². The number of hydrazone groups is 1. The second-order valence-corrected chi connectivity index (χ2v) is 8.19. The second kappa shape index (κ2) is 12.6. The van der Waals surface area contributed by atoms with Gasteiger partial charge in [0.25, 0.3) is 17.5 Å². The lowest BCUT2D eigenvalue weighted by Crippen LogP contribution is -2.18. The first-order chi connectivity index (χ1) is 19.3. The maximum Gasteiger partial charge on any atom is 0.343 e. The molecule has 40 heavy (non-hydrogen) atoms. The summed E-state index contributed by atoms with van der Waals surface area (Å²) in [6.45, 7) is 0. The number of para-hydroxylation sites is 1. The van der Waals surface area contributed by atoms with Crippen LogP contribution in [0.1, 0.15) is 36.6 Å². The van der Waals surface area contributed by atoms with Crippen molar-refractivity contribution < 1.29 is 28.8 Å². The number of esters is 1. The molecule has 0 aliphatic heterocycles. The van der Waals surface area contributed by atoms with E-state index in [-0.39, 0.29) is 22.9 Å². The molecule has 0 saturated carbocycles. The second-order valence-electron chi connectivity index (χ2n) is 8.19. The Hall–Kier alpha value is -5.84. The first kappa shape index (κ1) is 27.2. The molecule has 4 aromatic rings. The molecule has 0 saturated heterocycles. The van der Waals surface area contributed by atoms with E-state index in [2.05, 4.69) is 15.8 Å². The summed E-state index contributed by atoms with van der Waals surface area (Å²) in [5, 5.41) is 17.5. The van der Waals surface area contributed by atoms with E-state index in [9.17, 15) is 24.5 Å². The summed E-state index contributed by atoms with van der Waals surface area (Å²) >= 11 is 0. The van der Waals surface area contributed by atoms with Crippen molar-refractivity contribution in [3.05, 3.63) is 129 Å². The van der Waals surface area contributed by atoms with E-state index in [1.54, 1.807) is 67.8 Å². The number of nitrogens with one attached hydrogen (secondary N) is 2. The topological polar surface area (TPSA) is 149 Å². The summed E-state index contributed by atoms with van der Waals surface area (Å²) in [6.07, 6.45) is 1.32. The number of ether oxygens (including phenoxy) is 2. The van der Waals surface area contributed by atoms with E-state index in [1.165, 1.54) is 42.6 Å². The fourth-order valence-electron chi connectivity index (χ4n) is 3.43. The number of nitro groups is 1. The molecular weight excluding hydrogens is 516 g/mol. The van der Waals surface area contributed by atoms with Crippen LogP contribution in [-0.2, 0) is 0 Å². The standard InChI is InChI=1S/C29H22N4O7/c1-39-25-16-10-19(11-17-25)27(34)31-23-12-6-20(7-13-23)28(35)32-30-18-22-4-2-3-5-26(22)40-29(36)21-8-14-24(15-9-21)33(37)38/h2-18H,1H3,(H,31,34)(H,32,35)/b30-18-. The number of carbonyl (C=O) groups excluding carboxylic acids is 3. The van der Waals surface area contributed by atoms with Gasteiger partial charge in [-0.15, -0.1) is 0 Å². The molecule has 2 amide bonds. The average Bonchev–Trinajstić information content (AvgIpc) is 2.98. The van der Waals surface area contributed by atoms with Gasteiger partial charge in [0.15, 0.2) is 0 Å². The van der Waals surface area contributed by atoms with Gasteiger partial charge in [-0.2, -0.15) is 5.10 Å². The Labute approximate surface area is 228 Å². The number of carbonyl (C=O) groups is 3. The number of anilines is 1. The Balaban J connectivity index is 1.34. The first-order valence-electron chi connectivity index (χ1n) is 11.8. The summed E-state index contributed by atoms with van der Waals surface area (Å²) in [5.74, 6) is -0.692. The fraction of sp³-hybridized carbons (Fsp3) is 0.0345. The Kier molecular flexibility index (Phi) is 8.57. The van der Waals surface area contributed by atoms with E-state index in [4.69, 9.17) is 9.47 Å². The minimum Gasteiger partial charge on any atom is -0.497 e. The molecule has 0 heterocycles. The molecular formula is C29H22N4O7. The Morgan fingerprint density at radius 2 is 1.40 bits per heavy atom. The van der Waals surface area contributed by atoms with Crippen molar-refractivity contribution in [3.63, 3.8) is 0 Å². The molecule has 0 aliphatic carbocycles. The molecule has 0 aromatic heterocycles. The highest BCUT2D eigenvalue weighted by Crippen LogP contribution is 2.19. The molecule has 0 atom stereocenters. The van der Waals surface area contributed by atoms with Crippen LogP contribution in [0.2, 0.25) is 0 Å². The lowest BCUT2D eigenvalue weighted by Gasteiger charge is -2.08. The molecule has 0 unspecified atom stereocenters. The van der Waals surface area contributed by atoms with Crippen molar-refractivity contribution in [2.75, 3.05) is 12.4 Å². The largest absolute Gasteiger partial charge is 0.497 e. The van der Waals surface area contributed by atoms with Crippen LogP contribution in [0.5, 0.6) is 11.5 Å².